The number of carbonyl (C=O) groups is 1. The highest BCUT2D eigenvalue weighted by Gasteiger charge is 2.25. The summed E-state index contributed by atoms with van der Waals surface area (Å²) in [5.74, 6) is 0.110. The van der Waals surface area contributed by atoms with Crippen molar-refractivity contribution >= 4 is 11.6 Å². The molecule has 0 spiro atoms. The van der Waals surface area contributed by atoms with Gasteiger partial charge in [0.05, 0.1) is 0 Å². The SMILES string of the molecule is CCCNC(C)c1ccc(N2CCNC(=O)C2C)cc1. The molecule has 1 aliphatic heterocycles. The minimum atomic E-state index is -0.0924. The molecular formula is C16H25N3O. The van der Waals surface area contributed by atoms with E-state index in [1.54, 1.807) is 0 Å². The van der Waals surface area contributed by atoms with Gasteiger partial charge in [-0.05, 0) is 44.5 Å². The van der Waals surface area contributed by atoms with Gasteiger partial charge in [0.1, 0.15) is 6.04 Å². The monoisotopic (exact) mass is 275 g/mol. The predicted molar refractivity (Wildman–Crippen MR) is 83.0 cm³/mol. The average molecular weight is 275 g/mol. The molecule has 0 aliphatic carbocycles. The molecule has 4 nitrogen and oxygen atoms in total. The Morgan fingerprint density at radius 3 is 2.75 bits per heavy atom. The lowest BCUT2D eigenvalue weighted by Crippen LogP contribution is -2.54. The van der Waals surface area contributed by atoms with Crippen LogP contribution in [0.3, 0.4) is 0 Å². The van der Waals surface area contributed by atoms with Crippen LogP contribution >= 0.6 is 0 Å². The molecule has 2 unspecified atom stereocenters. The van der Waals surface area contributed by atoms with Gasteiger partial charge in [0.2, 0.25) is 5.91 Å². The predicted octanol–water partition coefficient (Wildman–Crippen LogP) is 2.07. The van der Waals surface area contributed by atoms with Gasteiger partial charge in [0, 0.05) is 24.8 Å². The first kappa shape index (κ1) is 14.9. The average Bonchev–Trinajstić information content (AvgIpc) is 2.48. The van der Waals surface area contributed by atoms with E-state index in [2.05, 4.69) is 53.6 Å². The third kappa shape index (κ3) is 3.31. The minimum Gasteiger partial charge on any atom is -0.358 e. The number of hydrogen-bond donors (Lipinski definition) is 2. The molecule has 0 saturated carbocycles. The summed E-state index contributed by atoms with van der Waals surface area (Å²) in [6.07, 6.45) is 1.14. The lowest BCUT2D eigenvalue weighted by atomic mass is 10.1. The Bertz CT molecular complexity index is 444. The van der Waals surface area contributed by atoms with Crippen molar-refractivity contribution in [2.75, 3.05) is 24.5 Å². The van der Waals surface area contributed by atoms with E-state index >= 15 is 0 Å². The van der Waals surface area contributed by atoms with E-state index in [1.165, 1.54) is 5.56 Å². The summed E-state index contributed by atoms with van der Waals surface area (Å²) < 4.78 is 0. The summed E-state index contributed by atoms with van der Waals surface area (Å²) in [5, 5.41) is 6.38. The van der Waals surface area contributed by atoms with E-state index in [9.17, 15) is 4.79 Å². The zero-order chi connectivity index (χ0) is 14.5. The second kappa shape index (κ2) is 6.75. The highest BCUT2D eigenvalue weighted by molar-refractivity contribution is 5.86. The topological polar surface area (TPSA) is 44.4 Å². The molecule has 1 aliphatic rings. The third-order valence-electron chi connectivity index (χ3n) is 3.92. The van der Waals surface area contributed by atoms with Crippen LogP contribution in [0.15, 0.2) is 24.3 Å². The molecule has 2 rings (SSSR count). The molecule has 0 bridgehead atoms. The molecule has 1 fully saturated rings. The van der Waals surface area contributed by atoms with Gasteiger partial charge in [-0.1, -0.05) is 19.1 Å². The van der Waals surface area contributed by atoms with Gasteiger partial charge in [-0.3, -0.25) is 4.79 Å². The fourth-order valence-corrected chi connectivity index (χ4v) is 2.57. The number of piperazine rings is 1. The minimum absolute atomic E-state index is 0.0924. The Morgan fingerprint density at radius 1 is 1.40 bits per heavy atom. The second-order valence-corrected chi connectivity index (χ2v) is 5.43. The number of nitrogens with one attached hydrogen (secondary N) is 2. The Balaban J connectivity index is 2.05. The number of nitrogens with zero attached hydrogens (tertiary/aromatic N) is 1. The van der Waals surface area contributed by atoms with Gasteiger partial charge in [-0.15, -0.1) is 0 Å². The van der Waals surface area contributed by atoms with E-state index in [-0.39, 0.29) is 11.9 Å². The van der Waals surface area contributed by atoms with Gasteiger partial charge >= 0.3 is 0 Å². The third-order valence-corrected chi connectivity index (χ3v) is 3.92. The van der Waals surface area contributed by atoms with Crippen molar-refractivity contribution in [2.45, 2.75) is 39.3 Å². The van der Waals surface area contributed by atoms with Crippen LogP contribution in [0.1, 0.15) is 38.8 Å². The van der Waals surface area contributed by atoms with Crippen molar-refractivity contribution < 1.29 is 4.79 Å². The number of benzene rings is 1. The molecule has 1 heterocycles. The van der Waals surface area contributed by atoms with Gasteiger partial charge in [-0.25, -0.2) is 0 Å². The number of rotatable bonds is 5. The summed E-state index contributed by atoms with van der Waals surface area (Å²) in [7, 11) is 0. The highest BCUT2D eigenvalue weighted by atomic mass is 16.2. The summed E-state index contributed by atoms with van der Waals surface area (Å²) >= 11 is 0. The van der Waals surface area contributed by atoms with Gasteiger partial charge in [0.15, 0.2) is 0 Å². The first-order chi connectivity index (χ1) is 9.63. The standard InChI is InChI=1S/C16H25N3O/c1-4-9-17-12(2)14-5-7-15(8-6-14)19-11-10-18-16(20)13(19)3/h5-8,12-13,17H,4,9-11H2,1-3H3,(H,18,20). The Kier molecular flexibility index (Phi) is 5.01. The molecule has 2 atom stereocenters. The Labute approximate surface area is 121 Å². The fraction of sp³-hybridized carbons (Fsp3) is 0.562. The van der Waals surface area contributed by atoms with Crippen molar-refractivity contribution in [3.05, 3.63) is 29.8 Å². The van der Waals surface area contributed by atoms with E-state index < -0.39 is 0 Å². The molecule has 4 heteroatoms. The maximum atomic E-state index is 11.7. The van der Waals surface area contributed by atoms with E-state index in [0.717, 1.165) is 31.7 Å². The molecule has 110 valence electrons. The zero-order valence-corrected chi connectivity index (χ0v) is 12.6. The molecule has 1 amide bonds. The Hall–Kier alpha value is -1.55. The fourth-order valence-electron chi connectivity index (χ4n) is 2.57. The quantitative estimate of drug-likeness (QED) is 0.864. The van der Waals surface area contributed by atoms with Crippen molar-refractivity contribution in [1.82, 2.24) is 10.6 Å². The van der Waals surface area contributed by atoms with Gasteiger partial charge < -0.3 is 15.5 Å². The lowest BCUT2D eigenvalue weighted by molar-refractivity contribution is -0.122. The van der Waals surface area contributed by atoms with Crippen LogP contribution in [0.4, 0.5) is 5.69 Å². The summed E-state index contributed by atoms with van der Waals surface area (Å²) in [5.41, 5.74) is 2.41. The molecule has 0 radical (unpaired) electrons. The van der Waals surface area contributed by atoms with Crippen LogP contribution in [0.25, 0.3) is 0 Å². The number of hydrogen-bond acceptors (Lipinski definition) is 3. The van der Waals surface area contributed by atoms with E-state index in [1.807, 2.05) is 6.92 Å². The normalized spacial score (nSPS) is 20.6. The number of carbonyl (C=O) groups excluding carboxylic acids is 1. The highest BCUT2D eigenvalue weighted by Crippen LogP contribution is 2.22. The zero-order valence-electron chi connectivity index (χ0n) is 12.6. The molecule has 20 heavy (non-hydrogen) atoms. The number of amides is 1. The number of anilines is 1. The molecule has 2 N–H and O–H groups in total. The summed E-state index contributed by atoms with van der Waals surface area (Å²) in [6, 6.07) is 8.82. The first-order valence-electron chi connectivity index (χ1n) is 7.51. The van der Waals surface area contributed by atoms with Crippen LogP contribution in [0.2, 0.25) is 0 Å². The first-order valence-corrected chi connectivity index (χ1v) is 7.51. The molecule has 1 aromatic rings. The second-order valence-electron chi connectivity index (χ2n) is 5.43. The van der Waals surface area contributed by atoms with Crippen LogP contribution < -0.4 is 15.5 Å². The van der Waals surface area contributed by atoms with Crippen LogP contribution in [-0.4, -0.2) is 31.6 Å². The molecular weight excluding hydrogens is 250 g/mol. The van der Waals surface area contributed by atoms with Crippen molar-refractivity contribution in [2.24, 2.45) is 0 Å². The van der Waals surface area contributed by atoms with Gasteiger partial charge in [-0.2, -0.15) is 0 Å². The van der Waals surface area contributed by atoms with Crippen molar-refractivity contribution in [1.29, 1.82) is 0 Å². The van der Waals surface area contributed by atoms with E-state index in [4.69, 9.17) is 0 Å². The molecule has 1 saturated heterocycles. The lowest BCUT2D eigenvalue weighted by Gasteiger charge is -2.34. The van der Waals surface area contributed by atoms with Crippen LogP contribution in [-0.2, 0) is 4.79 Å². The largest absolute Gasteiger partial charge is 0.358 e. The molecule has 1 aromatic carbocycles. The van der Waals surface area contributed by atoms with Crippen molar-refractivity contribution in [3.63, 3.8) is 0 Å². The maximum absolute atomic E-state index is 11.7. The van der Waals surface area contributed by atoms with E-state index in [0.29, 0.717) is 6.04 Å². The summed E-state index contributed by atoms with van der Waals surface area (Å²) in [6.45, 7) is 8.93. The van der Waals surface area contributed by atoms with Crippen molar-refractivity contribution in [3.8, 4) is 0 Å². The van der Waals surface area contributed by atoms with Gasteiger partial charge in [0.25, 0.3) is 0 Å². The van der Waals surface area contributed by atoms with Crippen LogP contribution in [0.5, 0.6) is 0 Å². The maximum Gasteiger partial charge on any atom is 0.242 e. The Morgan fingerprint density at radius 2 is 2.10 bits per heavy atom. The summed E-state index contributed by atoms with van der Waals surface area (Å²) in [4.78, 5) is 13.9. The van der Waals surface area contributed by atoms with Crippen LogP contribution in [0, 0.1) is 0 Å². The smallest absolute Gasteiger partial charge is 0.242 e. The molecule has 0 aromatic heterocycles.